The standard InChI is InChI=1S/C17H23N3O4/c1-4-20-15-13(6-5-7-18-15)12-14(17(20)22)16(21)19(8-10-23-2)9-11-24-3/h5-7,12H,4,8-11H2,1-3H3. The molecule has 0 unspecified atom stereocenters. The van der Waals surface area contributed by atoms with Crippen LogP contribution in [0.15, 0.2) is 29.2 Å². The Hall–Kier alpha value is -2.25. The van der Waals surface area contributed by atoms with E-state index in [0.29, 0.717) is 38.5 Å². The molecule has 0 aliphatic heterocycles. The summed E-state index contributed by atoms with van der Waals surface area (Å²) in [5.41, 5.74) is 0.403. The molecule has 24 heavy (non-hydrogen) atoms. The van der Waals surface area contributed by atoms with E-state index in [-0.39, 0.29) is 17.0 Å². The summed E-state index contributed by atoms with van der Waals surface area (Å²) < 4.78 is 11.6. The van der Waals surface area contributed by atoms with E-state index in [1.165, 1.54) is 4.57 Å². The molecule has 0 aliphatic carbocycles. The van der Waals surface area contributed by atoms with E-state index >= 15 is 0 Å². The number of aryl methyl sites for hydroxylation is 1. The Balaban J connectivity index is 2.46. The van der Waals surface area contributed by atoms with E-state index < -0.39 is 0 Å². The number of carbonyl (C=O) groups excluding carboxylic acids is 1. The van der Waals surface area contributed by atoms with E-state index in [0.717, 1.165) is 5.39 Å². The smallest absolute Gasteiger partial charge is 0.265 e. The summed E-state index contributed by atoms with van der Waals surface area (Å²) in [4.78, 5) is 31.4. The molecule has 0 aromatic carbocycles. The van der Waals surface area contributed by atoms with Crippen molar-refractivity contribution in [3.8, 4) is 0 Å². The van der Waals surface area contributed by atoms with Gasteiger partial charge in [-0.1, -0.05) is 0 Å². The van der Waals surface area contributed by atoms with Gasteiger partial charge < -0.3 is 14.4 Å². The van der Waals surface area contributed by atoms with Crippen LogP contribution in [0.25, 0.3) is 11.0 Å². The van der Waals surface area contributed by atoms with Gasteiger partial charge in [0.05, 0.1) is 13.2 Å². The quantitative estimate of drug-likeness (QED) is 0.724. The molecule has 0 spiro atoms. The Morgan fingerprint density at radius 1 is 1.25 bits per heavy atom. The fourth-order valence-electron chi connectivity index (χ4n) is 2.54. The predicted octanol–water partition coefficient (Wildman–Crippen LogP) is 1.15. The number of hydrogen-bond acceptors (Lipinski definition) is 5. The topological polar surface area (TPSA) is 73.7 Å². The molecule has 0 atom stereocenters. The second kappa shape index (κ2) is 8.56. The number of methoxy groups -OCH3 is 2. The van der Waals surface area contributed by atoms with Gasteiger partial charge in [-0.3, -0.25) is 14.2 Å². The molecule has 0 saturated carbocycles. The predicted molar refractivity (Wildman–Crippen MR) is 91.3 cm³/mol. The molecule has 7 heteroatoms. The molecule has 0 radical (unpaired) electrons. The molecule has 0 aliphatic rings. The monoisotopic (exact) mass is 333 g/mol. The van der Waals surface area contributed by atoms with Crippen molar-refractivity contribution >= 4 is 16.9 Å². The van der Waals surface area contributed by atoms with E-state index in [4.69, 9.17) is 9.47 Å². The third-order valence-electron chi connectivity index (χ3n) is 3.81. The van der Waals surface area contributed by atoms with E-state index in [1.54, 1.807) is 37.4 Å². The molecular formula is C17H23N3O4. The van der Waals surface area contributed by atoms with Crippen molar-refractivity contribution in [2.24, 2.45) is 0 Å². The van der Waals surface area contributed by atoms with Crippen LogP contribution < -0.4 is 5.56 Å². The van der Waals surface area contributed by atoms with Crippen LogP contribution in [-0.2, 0) is 16.0 Å². The zero-order chi connectivity index (χ0) is 17.5. The Bertz CT molecular complexity index is 749. The van der Waals surface area contributed by atoms with Gasteiger partial charge in [-0.25, -0.2) is 4.98 Å². The first kappa shape index (κ1) is 18.1. The van der Waals surface area contributed by atoms with Crippen LogP contribution in [0.5, 0.6) is 0 Å². The zero-order valence-corrected chi connectivity index (χ0v) is 14.3. The first-order chi connectivity index (χ1) is 11.6. The number of amides is 1. The molecular weight excluding hydrogens is 310 g/mol. The van der Waals surface area contributed by atoms with Gasteiger partial charge in [0.15, 0.2) is 0 Å². The Morgan fingerprint density at radius 2 is 1.92 bits per heavy atom. The van der Waals surface area contributed by atoms with Crippen molar-refractivity contribution in [2.75, 3.05) is 40.5 Å². The van der Waals surface area contributed by atoms with Crippen molar-refractivity contribution in [3.05, 3.63) is 40.3 Å². The molecule has 1 amide bonds. The summed E-state index contributed by atoms with van der Waals surface area (Å²) in [6.45, 7) is 3.89. The molecule has 7 nitrogen and oxygen atoms in total. The van der Waals surface area contributed by atoms with Gasteiger partial charge in [-0.2, -0.15) is 0 Å². The number of carbonyl (C=O) groups is 1. The van der Waals surface area contributed by atoms with Crippen LogP contribution in [0.4, 0.5) is 0 Å². The minimum absolute atomic E-state index is 0.143. The molecule has 2 aromatic rings. The third-order valence-corrected chi connectivity index (χ3v) is 3.81. The van der Waals surface area contributed by atoms with Gasteiger partial charge in [0.25, 0.3) is 11.5 Å². The summed E-state index contributed by atoms with van der Waals surface area (Å²) in [7, 11) is 3.15. The molecule has 0 fully saturated rings. The number of aromatic nitrogens is 2. The maximum atomic E-state index is 12.9. The first-order valence-electron chi connectivity index (χ1n) is 7.89. The summed E-state index contributed by atoms with van der Waals surface area (Å²) in [6, 6.07) is 5.25. The zero-order valence-electron chi connectivity index (χ0n) is 14.3. The lowest BCUT2D eigenvalue weighted by Gasteiger charge is -2.22. The van der Waals surface area contributed by atoms with Crippen LogP contribution in [0.1, 0.15) is 17.3 Å². The summed E-state index contributed by atoms with van der Waals surface area (Å²) in [5, 5.41) is 0.765. The minimum atomic E-state index is -0.325. The van der Waals surface area contributed by atoms with Gasteiger partial charge in [0, 0.05) is 45.4 Å². The van der Waals surface area contributed by atoms with Crippen LogP contribution in [0.3, 0.4) is 0 Å². The number of rotatable bonds is 8. The Morgan fingerprint density at radius 3 is 2.50 bits per heavy atom. The lowest BCUT2D eigenvalue weighted by molar-refractivity contribution is 0.0625. The molecule has 2 heterocycles. The number of fused-ring (bicyclic) bond motifs is 1. The van der Waals surface area contributed by atoms with E-state index in [1.807, 2.05) is 13.0 Å². The fourth-order valence-corrected chi connectivity index (χ4v) is 2.54. The Labute approximate surface area is 140 Å². The average molecular weight is 333 g/mol. The molecule has 0 bridgehead atoms. The van der Waals surface area contributed by atoms with Crippen LogP contribution in [-0.4, -0.2) is 60.9 Å². The molecule has 0 N–H and O–H groups in total. The average Bonchev–Trinajstić information content (AvgIpc) is 2.61. The highest BCUT2D eigenvalue weighted by Crippen LogP contribution is 2.12. The van der Waals surface area contributed by atoms with Gasteiger partial charge in [-0.05, 0) is 25.1 Å². The van der Waals surface area contributed by atoms with Gasteiger partial charge in [-0.15, -0.1) is 0 Å². The maximum absolute atomic E-state index is 12.9. The lowest BCUT2D eigenvalue weighted by atomic mass is 10.1. The van der Waals surface area contributed by atoms with Crippen LogP contribution in [0.2, 0.25) is 0 Å². The highest BCUT2D eigenvalue weighted by molar-refractivity contribution is 5.96. The lowest BCUT2D eigenvalue weighted by Crippen LogP contribution is -2.40. The largest absolute Gasteiger partial charge is 0.383 e. The van der Waals surface area contributed by atoms with Crippen molar-refractivity contribution < 1.29 is 14.3 Å². The third kappa shape index (κ3) is 3.80. The Kier molecular flexibility index (Phi) is 6.45. The van der Waals surface area contributed by atoms with Crippen LogP contribution >= 0.6 is 0 Å². The molecule has 130 valence electrons. The molecule has 0 saturated heterocycles. The summed E-state index contributed by atoms with van der Waals surface area (Å²) in [5.74, 6) is -0.318. The molecule has 2 aromatic heterocycles. The van der Waals surface area contributed by atoms with E-state index in [9.17, 15) is 9.59 Å². The number of hydrogen-bond donors (Lipinski definition) is 0. The fraction of sp³-hybridized carbons (Fsp3) is 0.471. The van der Waals surface area contributed by atoms with Gasteiger partial charge in [0.2, 0.25) is 0 Å². The van der Waals surface area contributed by atoms with E-state index in [2.05, 4.69) is 4.98 Å². The van der Waals surface area contributed by atoms with Gasteiger partial charge in [0.1, 0.15) is 11.2 Å². The highest BCUT2D eigenvalue weighted by atomic mass is 16.5. The SMILES string of the molecule is CCn1c(=O)c(C(=O)N(CCOC)CCOC)cc2cccnc21. The number of ether oxygens (including phenoxy) is 2. The van der Waals surface area contributed by atoms with Crippen molar-refractivity contribution in [3.63, 3.8) is 0 Å². The van der Waals surface area contributed by atoms with Gasteiger partial charge >= 0.3 is 0 Å². The second-order valence-electron chi connectivity index (χ2n) is 5.30. The van der Waals surface area contributed by atoms with Crippen molar-refractivity contribution in [1.29, 1.82) is 0 Å². The first-order valence-corrected chi connectivity index (χ1v) is 7.89. The maximum Gasteiger partial charge on any atom is 0.265 e. The minimum Gasteiger partial charge on any atom is -0.383 e. The second-order valence-corrected chi connectivity index (χ2v) is 5.30. The normalized spacial score (nSPS) is 11.0. The molecule has 2 rings (SSSR count). The van der Waals surface area contributed by atoms with Crippen LogP contribution in [0, 0.1) is 0 Å². The summed E-state index contributed by atoms with van der Waals surface area (Å²) in [6.07, 6.45) is 1.64. The van der Waals surface area contributed by atoms with Crippen molar-refractivity contribution in [2.45, 2.75) is 13.5 Å². The highest BCUT2D eigenvalue weighted by Gasteiger charge is 2.21. The number of pyridine rings is 2. The summed E-state index contributed by atoms with van der Waals surface area (Å²) >= 11 is 0. The number of nitrogens with zero attached hydrogens (tertiary/aromatic N) is 3. The van der Waals surface area contributed by atoms with Crippen molar-refractivity contribution in [1.82, 2.24) is 14.5 Å².